The molecule has 1 saturated carbocycles. The summed E-state index contributed by atoms with van der Waals surface area (Å²) >= 11 is 1.89. The van der Waals surface area contributed by atoms with E-state index in [1.165, 1.54) is 37.0 Å². The summed E-state index contributed by atoms with van der Waals surface area (Å²) in [5.41, 5.74) is 7.64. The summed E-state index contributed by atoms with van der Waals surface area (Å²) in [6, 6.07) is 2.00. The first-order valence-corrected chi connectivity index (χ1v) is 6.59. The summed E-state index contributed by atoms with van der Waals surface area (Å²) in [5, 5.41) is 1.15. The Bertz CT molecular complexity index is 332. The number of nitrogens with zero attached hydrogens (tertiary/aromatic N) is 1. The molecule has 1 aliphatic rings. The van der Waals surface area contributed by atoms with Crippen LogP contribution in [-0.2, 0) is 0 Å². The molecule has 1 fully saturated rings. The molecular weight excluding hydrogens is 204 g/mol. The van der Waals surface area contributed by atoms with Crippen LogP contribution in [0.4, 0.5) is 5.69 Å². The molecule has 0 bridgehead atoms. The van der Waals surface area contributed by atoms with Crippen LogP contribution in [-0.4, -0.2) is 10.7 Å². The van der Waals surface area contributed by atoms with E-state index < -0.39 is 0 Å². The molecule has 0 aromatic carbocycles. The fourth-order valence-corrected chi connectivity index (χ4v) is 3.25. The van der Waals surface area contributed by atoms with Gasteiger partial charge in [0.25, 0.3) is 0 Å². The van der Waals surface area contributed by atoms with E-state index >= 15 is 0 Å². The van der Waals surface area contributed by atoms with E-state index in [2.05, 4.69) is 11.9 Å². The SMILES string of the molecule is Cc1cc(N)cnc1SCC1CCCC1. The van der Waals surface area contributed by atoms with E-state index in [4.69, 9.17) is 5.73 Å². The van der Waals surface area contributed by atoms with Gasteiger partial charge in [-0.2, -0.15) is 0 Å². The molecule has 82 valence electrons. The van der Waals surface area contributed by atoms with Crippen molar-refractivity contribution < 1.29 is 0 Å². The van der Waals surface area contributed by atoms with E-state index in [9.17, 15) is 0 Å². The minimum absolute atomic E-state index is 0.762. The van der Waals surface area contributed by atoms with Crippen molar-refractivity contribution in [3.05, 3.63) is 17.8 Å². The van der Waals surface area contributed by atoms with Crippen LogP contribution in [0, 0.1) is 12.8 Å². The molecule has 0 saturated heterocycles. The Balaban J connectivity index is 1.92. The summed E-state index contributed by atoms with van der Waals surface area (Å²) in [6.07, 6.45) is 7.39. The number of aryl methyl sites for hydroxylation is 1. The van der Waals surface area contributed by atoms with Crippen LogP contribution in [0.3, 0.4) is 0 Å². The summed E-state index contributed by atoms with van der Waals surface area (Å²) in [6.45, 7) is 2.08. The molecule has 0 radical (unpaired) electrons. The summed E-state index contributed by atoms with van der Waals surface area (Å²) in [5.74, 6) is 2.13. The topological polar surface area (TPSA) is 38.9 Å². The highest BCUT2D eigenvalue weighted by molar-refractivity contribution is 7.99. The summed E-state index contributed by atoms with van der Waals surface area (Å²) in [4.78, 5) is 4.38. The van der Waals surface area contributed by atoms with Gasteiger partial charge in [-0.15, -0.1) is 11.8 Å². The zero-order valence-corrected chi connectivity index (χ0v) is 10.0. The Kier molecular flexibility index (Phi) is 3.52. The molecule has 0 atom stereocenters. The van der Waals surface area contributed by atoms with Gasteiger partial charge in [0.05, 0.1) is 16.9 Å². The molecule has 0 aliphatic heterocycles. The number of rotatable bonds is 3. The standard InChI is InChI=1S/C12H18N2S/c1-9-6-11(13)7-14-12(9)15-8-10-4-2-3-5-10/h6-7,10H,2-5,8,13H2,1H3. The van der Waals surface area contributed by atoms with E-state index in [1.54, 1.807) is 6.20 Å². The molecule has 1 aromatic heterocycles. The second-order valence-corrected chi connectivity index (χ2v) is 5.36. The predicted molar refractivity (Wildman–Crippen MR) is 66.1 cm³/mol. The van der Waals surface area contributed by atoms with Crippen molar-refractivity contribution in [2.45, 2.75) is 37.6 Å². The van der Waals surface area contributed by atoms with Crippen LogP contribution in [0.25, 0.3) is 0 Å². The van der Waals surface area contributed by atoms with Gasteiger partial charge in [0.15, 0.2) is 0 Å². The van der Waals surface area contributed by atoms with Crippen LogP contribution >= 0.6 is 11.8 Å². The maximum Gasteiger partial charge on any atom is 0.0990 e. The lowest BCUT2D eigenvalue weighted by atomic mass is 10.1. The molecule has 2 N–H and O–H groups in total. The van der Waals surface area contributed by atoms with Gasteiger partial charge in [0.1, 0.15) is 0 Å². The quantitative estimate of drug-likeness (QED) is 0.798. The number of nitrogens with two attached hydrogens (primary N) is 1. The average molecular weight is 222 g/mol. The molecule has 0 spiro atoms. The fraction of sp³-hybridized carbons (Fsp3) is 0.583. The number of nitrogen functional groups attached to an aromatic ring is 1. The Hall–Kier alpha value is -0.700. The van der Waals surface area contributed by atoms with Gasteiger partial charge in [-0.1, -0.05) is 12.8 Å². The van der Waals surface area contributed by atoms with Crippen LogP contribution in [0.1, 0.15) is 31.2 Å². The highest BCUT2D eigenvalue weighted by atomic mass is 32.2. The zero-order chi connectivity index (χ0) is 10.7. The van der Waals surface area contributed by atoms with Gasteiger partial charge in [0, 0.05) is 5.75 Å². The molecule has 3 heteroatoms. The van der Waals surface area contributed by atoms with E-state index in [0.29, 0.717) is 0 Å². The van der Waals surface area contributed by atoms with Crippen LogP contribution < -0.4 is 5.73 Å². The van der Waals surface area contributed by atoms with Crippen molar-refractivity contribution in [2.24, 2.45) is 5.92 Å². The number of hydrogen-bond donors (Lipinski definition) is 1. The van der Waals surface area contributed by atoms with Crippen molar-refractivity contribution in [1.29, 1.82) is 0 Å². The number of hydrogen-bond acceptors (Lipinski definition) is 3. The zero-order valence-electron chi connectivity index (χ0n) is 9.20. The smallest absolute Gasteiger partial charge is 0.0990 e. The van der Waals surface area contributed by atoms with Crippen molar-refractivity contribution >= 4 is 17.4 Å². The molecule has 2 rings (SSSR count). The normalized spacial score (nSPS) is 17.1. The van der Waals surface area contributed by atoms with E-state index in [0.717, 1.165) is 16.6 Å². The first kappa shape index (κ1) is 10.8. The molecule has 2 nitrogen and oxygen atoms in total. The number of pyridine rings is 1. The van der Waals surface area contributed by atoms with Gasteiger partial charge in [0.2, 0.25) is 0 Å². The lowest BCUT2D eigenvalue weighted by Crippen LogP contribution is -1.98. The lowest BCUT2D eigenvalue weighted by molar-refractivity contribution is 0.623. The van der Waals surface area contributed by atoms with Crippen molar-refractivity contribution in [3.63, 3.8) is 0 Å². The third-order valence-corrected chi connectivity index (χ3v) is 4.32. The minimum atomic E-state index is 0.762. The van der Waals surface area contributed by atoms with Crippen LogP contribution in [0.5, 0.6) is 0 Å². The number of anilines is 1. The van der Waals surface area contributed by atoms with E-state index in [1.807, 2.05) is 17.8 Å². The highest BCUT2D eigenvalue weighted by Crippen LogP contribution is 2.31. The average Bonchev–Trinajstić information content (AvgIpc) is 2.69. The van der Waals surface area contributed by atoms with Crippen molar-refractivity contribution in [1.82, 2.24) is 4.98 Å². The molecular formula is C12H18N2S. The molecule has 0 amide bonds. The van der Waals surface area contributed by atoms with Gasteiger partial charge in [-0.25, -0.2) is 4.98 Å². The fourth-order valence-electron chi connectivity index (χ4n) is 2.11. The van der Waals surface area contributed by atoms with Gasteiger partial charge in [-0.05, 0) is 37.3 Å². The van der Waals surface area contributed by atoms with Gasteiger partial charge in [-0.3, -0.25) is 0 Å². The second kappa shape index (κ2) is 4.88. The monoisotopic (exact) mass is 222 g/mol. The van der Waals surface area contributed by atoms with Crippen molar-refractivity contribution in [2.75, 3.05) is 11.5 Å². The van der Waals surface area contributed by atoms with Gasteiger partial charge >= 0.3 is 0 Å². The maximum absolute atomic E-state index is 5.67. The van der Waals surface area contributed by atoms with Crippen LogP contribution in [0.2, 0.25) is 0 Å². The molecule has 1 aliphatic carbocycles. The molecule has 1 heterocycles. The first-order chi connectivity index (χ1) is 7.25. The highest BCUT2D eigenvalue weighted by Gasteiger charge is 2.15. The number of aromatic nitrogens is 1. The third kappa shape index (κ3) is 2.88. The van der Waals surface area contributed by atoms with E-state index in [-0.39, 0.29) is 0 Å². The molecule has 0 unspecified atom stereocenters. The third-order valence-electron chi connectivity index (χ3n) is 2.98. The minimum Gasteiger partial charge on any atom is -0.397 e. The Morgan fingerprint density at radius 1 is 1.47 bits per heavy atom. The maximum atomic E-state index is 5.67. The Morgan fingerprint density at radius 2 is 2.20 bits per heavy atom. The predicted octanol–water partition coefficient (Wildman–Crippen LogP) is 3.25. The molecule has 15 heavy (non-hydrogen) atoms. The summed E-state index contributed by atoms with van der Waals surface area (Å²) < 4.78 is 0. The van der Waals surface area contributed by atoms with Crippen molar-refractivity contribution in [3.8, 4) is 0 Å². The largest absolute Gasteiger partial charge is 0.397 e. The Labute approximate surface area is 95.7 Å². The van der Waals surface area contributed by atoms with Crippen LogP contribution in [0.15, 0.2) is 17.3 Å². The summed E-state index contributed by atoms with van der Waals surface area (Å²) in [7, 11) is 0. The number of thioether (sulfide) groups is 1. The Morgan fingerprint density at radius 3 is 2.87 bits per heavy atom. The van der Waals surface area contributed by atoms with Gasteiger partial charge < -0.3 is 5.73 Å². The lowest BCUT2D eigenvalue weighted by Gasteiger charge is -2.09. The second-order valence-electron chi connectivity index (χ2n) is 4.35. The first-order valence-electron chi connectivity index (χ1n) is 5.60. The molecule has 1 aromatic rings.